The molecule has 2 N–H and O–H groups in total. The molecule has 2 amide bonds. The van der Waals surface area contributed by atoms with Gasteiger partial charge in [-0.25, -0.2) is 4.79 Å². The molecular weight excluding hydrogens is 368 g/mol. The van der Waals surface area contributed by atoms with Crippen LogP contribution >= 0.6 is 11.3 Å². The Kier molecular flexibility index (Phi) is 4.31. The number of benzene rings is 1. The van der Waals surface area contributed by atoms with E-state index in [0.717, 1.165) is 11.3 Å². The maximum atomic E-state index is 12.4. The quantitative estimate of drug-likeness (QED) is 0.522. The summed E-state index contributed by atoms with van der Waals surface area (Å²) in [6.45, 7) is 0. The van der Waals surface area contributed by atoms with Crippen LogP contribution in [-0.2, 0) is 0 Å². The second kappa shape index (κ2) is 6.93. The zero-order valence-electron chi connectivity index (χ0n) is 13.7. The molecule has 27 heavy (non-hydrogen) atoms. The minimum absolute atomic E-state index is 0.192. The van der Waals surface area contributed by atoms with E-state index in [9.17, 15) is 14.4 Å². The van der Waals surface area contributed by atoms with E-state index in [1.165, 1.54) is 12.3 Å². The van der Waals surface area contributed by atoms with Crippen LogP contribution in [0.2, 0.25) is 0 Å². The second-order valence-electron chi connectivity index (χ2n) is 5.56. The number of hydrogen-bond donors (Lipinski definition) is 2. The first-order valence-corrected chi connectivity index (χ1v) is 8.70. The van der Waals surface area contributed by atoms with E-state index in [2.05, 4.69) is 10.6 Å². The van der Waals surface area contributed by atoms with Crippen molar-refractivity contribution < 1.29 is 18.4 Å². The van der Waals surface area contributed by atoms with E-state index in [1.54, 1.807) is 48.5 Å². The number of furan rings is 1. The van der Waals surface area contributed by atoms with Crippen LogP contribution < -0.4 is 16.3 Å². The van der Waals surface area contributed by atoms with E-state index < -0.39 is 5.63 Å². The van der Waals surface area contributed by atoms with Crippen molar-refractivity contribution >= 4 is 44.8 Å². The van der Waals surface area contributed by atoms with Crippen molar-refractivity contribution in [1.29, 1.82) is 0 Å². The zero-order valence-corrected chi connectivity index (χ0v) is 14.5. The molecule has 3 heterocycles. The van der Waals surface area contributed by atoms with Gasteiger partial charge < -0.3 is 19.5 Å². The molecule has 0 aliphatic heterocycles. The molecule has 7 nitrogen and oxygen atoms in total. The molecule has 0 unspecified atom stereocenters. The number of anilines is 2. The Balaban J connectivity index is 1.47. The molecule has 4 aromatic rings. The molecule has 0 saturated heterocycles. The largest absolute Gasteiger partial charge is 0.459 e. The van der Waals surface area contributed by atoms with Crippen LogP contribution in [0, 0.1) is 0 Å². The Hall–Kier alpha value is -3.65. The third-order valence-corrected chi connectivity index (χ3v) is 4.69. The van der Waals surface area contributed by atoms with Crippen LogP contribution in [0.25, 0.3) is 11.0 Å². The SMILES string of the molecule is O=C(Nc1ccc(C(=O)Nc2ccc3oc(=O)ccc3c2)s1)c1ccco1. The highest BCUT2D eigenvalue weighted by Gasteiger charge is 2.14. The summed E-state index contributed by atoms with van der Waals surface area (Å²) in [6.07, 6.45) is 1.41. The van der Waals surface area contributed by atoms with Crippen LogP contribution in [0.1, 0.15) is 20.2 Å². The number of carbonyl (C=O) groups is 2. The Labute approximate surface area is 156 Å². The molecular formula is C19H12N2O5S. The van der Waals surface area contributed by atoms with Crippen LogP contribution in [0.15, 0.2) is 74.5 Å². The molecule has 0 radical (unpaired) electrons. The summed E-state index contributed by atoms with van der Waals surface area (Å²) < 4.78 is 10.1. The van der Waals surface area contributed by atoms with E-state index in [0.29, 0.717) is 26.5 Å². The summed E-state index contributed by atoms with van der Waals surface area (Å²) in [4.78, 5) is 36.0. The fourth-order valence-corrected chi connectivity index (χ4v) is 3.25. The molecule has 8 heteroatoms. The summed E-state index contributed by atoms with van der Waals surface area (Å²) in [5.74, 6) is -0.503. The van der Waals surface area contributed by atoms with Crippen LogP contribution in [-0.4, -0.2) is 11.8 Å². The standard InChI is InChI=1S/C19H12N2O5S/c22-17-8-3-11-10-12(4-5-13(11)26-17)20-19(24)15-6-7-16(27-15)21-18(23)14-2-1-9-25-14/h1-10H,(H,20,24)(H,21,23). The van der Waals surface area contributed by atoms with Crippen molar-refractivity contribution in [2.75, 3.05) is 10.6 Å². The van der Waals surface area contributed by atoms with Gasteiger partial charge >= 0.3 is 5.63 Å². The normalized spacial score (nSPS) is 10.7. The van der Waals surface area contributed by atoms with Gasteiger partial charge in [0.15, 0.2) is 5.76 Å². The van der Waals surface area contributed by atoms with Gasteiger partial charge in [-0.15, -0.1) is 11.3 Å². The average Bonchev–Trinajstić information content (AvgIpc) is 3.33. The molecule has 0 fully saturated rings. The predicted octanol–water partition coefficient (Wildman–Crippen LogP) is 3.95. The first-order valence-electron chi connectivity index (χ1n) is 7.88. The lowest BCUT2D eigenvalue weighted by atomic mass is 10.2. The topological polar surface area (TPSA) is 102 Å². The van der Waals surface area contributed by atoms with Crippen molar-refractivity contribution in [2.24, 2.45) is 0 Å². The minimum Gasteiger partial charge on any atom is -0.459 e. The van der Waals surface area contributed by atoms with Gasteiger partial charge in [0, 0.05) is 17.1 Å². The van der Waals surface area contributed by atoms with Crippen molar-refractivity contribution in [3.8, 4) is 0 Å². The Bertz CT molecular complexity index is 1190. The lowest BCUT2D eigenvalue weighted by molar-refractivity contribution is 0.0995. The van der Waals surface area contributed by atoms with E-state index >= 15 is 0 Å². The highest BCUT2D eigenvalue weighted by molar-refractivity contribution is 7.18. The molecule has 1 aromatic carbocycles. The fraction of sp³-hybridized carbons (Fsp3) is 0. The van der Waals surface area contributed by atoms with E-state index in [-0.39, 0.29) is 17.6 Å². The third kappa shape index (κ3) is 3.65. The molecule has 0 saturated carbocycles. The van der Waals surface area contributed by atoms with Crippen molar-refractivity contribution in [3.63, 3.8) is 0 Å². The Morgan fingerprint density at radius 2 is 1.81 bits per heavy atom. The molecule has 0 aliphatic rings. The van der Waals surface area contributed by atoms with Gasteiger partial charge in [0.1, 0.15) is 5.58 Å². The van der Waals surface area contributed by atoms with Gasteiger partial charge in [0.25, 0.3) is 11.8 Å². The van der Waals surface area contributed by atoms with Crippen LogP contribution in [0.4, 0.5) is 10.7 Å². The monoisotopic (exact) mass is 380 g/mol. The van der Waals surface area contributed by atoms with E-state index in [1.807, 2.05) is 0 Å². The number of hydrogen-bond acceptors (Lipinski definition) is 6. The third-order valence-electron chi connectivity index (χ3n) is 3.69. The highest BCUT2D eigenvalue weighted by Crippen LogP contribution is 2.24. The lowest BCUT2D eigenvalue weighted by Crippen LogP contribution is -2.10. The Morgan fingerprint density at radius 3 is 2.63 bits per heavy atom. The summed E-state index contributed by atoms with van der Waals surface area (Å²) in [6, 6.07) is 14.4. The number of thiophene rings is 1. The molecule has 0 atom stereocenters. The number of carbonyl (C=O) groups excluding carboxylic acids is 2. The Morgan fingerprint density at radius 1 is 0.926 bits per heavy atom. The smallest absolute Gasteiger partial charge is 0.336 e. The predicted molar refractivity (Wildman–Crippen MR) is 101 cm³/mol. The van der Waals surface area contributed by atoms with Crippen LogP contribution in [0.3, 0.4) is 0 Å². The number of nitrogens with one attached hydrogen (secondary N) is 2. The highest BCUT2D eigenvalue weighted by atomic mass is 32.1. The summed E-state index contributed by atoms with van der Waals surface area (Å²) in [5.41, 5.74) is 0.581. The first-order chi connectivity index (χ1) is 13.1. The molecule has 4 rings (SSSR count). The molecule has 134 valence electrons. The average molecular weight is 380 g/mol. The number of amides is 2. The van der Waals surface area contributed by atoms with Gasteiger partial charge in [-0.2, -0.15) is 0 Å². The molecule has 3 aromatic heterocycles. The molecule has 0 spiro atoms. The summed E-state index contributed by atoms with van der Waals surface area (Å²) in [5, 5.41) is 6.68. The molecule has 0 aliphatic carbocycles. The van der Waals surface area contributed by atoms with Crippen molar-refractivity contribution in [1.82, 2.24) is 0 Å². The van der Waals surface area contributed by atoms with Gasteiger partial charge in [-0.05, 0) is 48.5 Å². The maximum Gasteiger partial charge on any atom is 0.336 e. The van der Waals surface area contributed by atoms with Gasteiger partial charge in [-0.3, -0.25) is 9.59 Å². The second-order valence-corrected chi connectivity index (χ2v) is 6.64. The van der Waals surface area contributed by atoms with Crippen LogP contribution in [0.5, 0.6) is 0 Å². The summed E-state index contributed by atoms with van der Waals surface area (Å²) in [7, 11) is 0. The van der Waals surface area contributed by atoms with Crippen molar-refractivity contribution in [3.05, 3.63) is 81.9 Å². The lowest BCUT2D eigenvalue weighted by Gasteiger charge is -2.04. The first kappa shape index (κ1) is 16.8. The minimum atomic E-state index is -0.429. The number of rotatable bonds is 4. The summed E-state index contributed by atoms with van der Waals surface area (Å²) >= 11 is 1.15. The number of fused-ring (bicyclic) bond motifs is 1. The fourth-order valence-electron chi connectivity index (χ4n) is 2.45. The maximum absolute atomic E-state index is 12.4. The van der Waals surface area contributed by atoms with Gasteiger partial charge in [-0.1, -0.05) is 0 Å². The zero-order chi connectivity index (χ0) is 18.8. The van der Waals surface area contributed by atoms with E-state index in [4.69, 9.17) is 8.83 Å². The van der Waals surface area contributed by atoms with Gasteiger partial charge in [0.2, 0.25) is 0 Å². The van der Waals surface area contributed by atoms with Gasteiger partial charge in [0.05, 0.1) is 16.1 Å². The molecule has 0 bridgehead atoms. The van der Waals surface area contributed by atoms with Crippen molar-refractivity contribution in [2.45, 2.75) is 0 Å².